The van der Waals surface area contributed by atoms with Crippen molar-refractivity contribution in [2.45, 2.75) is 18.9 Å². The summed E-state index contributed by atoms with van der Waals surface area (Å²) in [7, 11) is -4.17. The first kappa shape index (κ1) is 13.6. The van der Waals surface area contributed by atoms with E-state index in [4.69, 9.17) is 9.79 Å². The van der Waals surface area contributed by atoms with Crippen molar-refractivity contribution in [1.29, 1.82) is 0 Å². The van der Waals surface area contributed by atoms with E-state index in [-0.39, 0.29) is 11.7 Å². The van der Waals surface area contributed by atoms with E-state index in [1.807, 2.05) is 24.3 Å². The summed E-state index contributed by atoms with van der Waals surface area (Å²) in [6, 6.07) is 7.43. The van der Waals surface area contributed by atoms with Crippen LogP contribution in [-0.2, 0) is 4.57 Å². The van der Waals surface area contributed by atoms with Crippen molar-refractivity contribution >= 4 is 18.8 Å². The highest BCUT2D eigenvalue weighted by molar-refractivity contribution is 7.49. The van der Waals surface area contributed by atoms with E-state index < -0.39 is 7.75 Å². The zero-order chi connectivity index (χ0) is 14.3. The summed E-state index contributed by atoms with van der Waals surface area (Å²) < 4.78 is 14.1. The van der Waals surface area contributed by atoms with Crippen LogP contribution in [0, 0.1) is 0 Å². The number of piperidine rings is 1. The molecule has 1 aliphatic rings. The molecule has 1 fully saturated rings. The van der Waals surface area contributed by atoms with Crippen LogP contribution in [0.4, 0.5) is 0 Å². The van der Waals surface area contributed by atoms with E-state index in [2.05, 4.69) is 4.98 Å². The molecule has 2 heterocycles. The fraction of sp³-hybridized carbons (Fsp3) is 0.417. The predicted octanol–water partition coefficient (Wildman–Crippen LogP) is 1.06. The molecule has 0 spiro atoms. The van der Waals surface area contributed by atoms with Gasteiger partial charge in [-0.2, -0.15) is 0 Å². The topological polar surface area (TPSA) is 98.6 Å². The van der Waals surface area contributed by atoms with Crippen molar-refractivity contribution < 1.29 is 14.4 Å². The first-order valence-electron chi connectivity index (χ1n) is 6.47. The maximum atomic E-state index is 12.1. The predicted molar refractivity (Wildman–Crippen MR) is 74.4 cm³/mol. The number of nitrogens with one attached hydrogen (secondary N) is 1. The number of hydrogen-bond donors (Lipinski definition) is 3. The van der Waals surface area contributed by atoms with Crippen molar-refractivity contribution in [3.63, 3.8) is 0 Å². The van der Waals surface area contributed by atoms with E-state index in [0.717, 1.165) is 11.0 Å². The monoisotopic (exact) mass is 297 g/mol. The van der Waals surface area contributed by atoms with Gasteiger partial charge < -0.3 is 14.8 Å². The summed E-state index contributed by atoms with van der Waals surface area (Å²) in [5.41, 5.74) is 1.46. The highest BCUT2D eigenvalue weighted by Crippen LogP contribution is 2.43. The second-order valence-electron chi connectivity index (χ2n) is 5.02. The van der Waals surface area contributed by atoms with E-state index in [1.54, 1.807) is 4.57 Å². The quantitative estimate of drug-likeness (QED) is 0.720. The minimum atomic E-state index is -4.17. The highest BCUT2D eigenvalue weighted by atomic mass is 31.2. The molecule has 108 valence electrons. The highest BCUT2D eigenvalue weighted by Gasteiger charge is 2.31. The molecule has 0 unspecified atom stereocenters. The first-order chi connectivity index (χ1) is 9.47. The van der Waals surface area contributed by atoms with Gasteiger partial charge in [0.15, 0.2) is 0 Å². The van der Waals surface area contributed by atoms with Gasteiger partial charge in [0, 0.05) is 19.1 Å². The van der Waals surface area contributed by atoms with Gasteiger partial charge in [-0.1, -0.05) is 12.1 Å². The fourth-order valence-electron chi connectivity index (χ4n) is 2.81. The number of aromatic amines is 1. The van der Waals surface area contributed by atoms with Crippen LogP contribution in [0.15, 0.2) is 29.1 Å². The van der Waals surface area contributed by atoms with Crippen molar-refractivity contribution in [3.8, 4) is 0 Å². The Morgan fingerprint density at radius 3 is 2.50 bits per heavy atom. The molecule has 3 N–H and O–H groups in total. The zero-order valence-corrected chi connectivity index (χ0v) is 11.7. The standard InChI is InChI=1S/C12H16N3O4P/c16-12-13-10-3-1-2-4-11(10)15(12)9-5-7-14(8-6-9)20(17,18)19/h1-4,9H,5-8H2,(H,13,16)(H2,17,18,19). The molecule has 1 aliphatic heterocycles. The Balaban J connectivity index is 1.89. The van der Waals surface area contributed by atoms with Crippen molar-refractivity contribution in [1.82, 2.24) is 14.2 Å². The number of H-pyrrole nitrogens is 1. The second-order valence-corrected chi connectivity index (χ2v) is 6.61. The van der Waals surface area contributed by atoms with Crippen LogP contribution in [0.3, 0.4) is 0 Å². The third-order valence-corrected chi connectivity index (χ3v) is 4.94. The Morgan fingerprint density at radius 1 is 1.20 bits per heavy atom. The van der Waals surface area contributed by atoms with Gasteiger partial charge in [0.2, 0.25) is 0 Å². The number of para-hydroxylation sites is 2. The molecule has 20 heavy (non-hydrogen) atoms. The van der Waals surface area contributed by atoms with Crippen LogP contribution in [0.1, 0.15) is 18.9 Å². The SMILES string of the molecule is O=c1[nH]c2ccccc2n1C1CCN(P(=O)(O)O)CC1. The van der Waals surface area contributed by atoms with E-state index in [9.17, 15) is 9.36 Å². The Morgan fingerprint density at radius 2 is 1.85 bits per heavy atom. The van der Waals surface area contributed by atoms with Gasteiger partial charge in [0.05, 0.1) is 11.0 Å². The second kappa shape index (κ2) is 4.86. The van der Waals surface area contributed by atoms with Crippen LogP contribution >= 0.6 is 7.75 Å². The van der Waals surface area contributed by atoms with Crippen LogP contribution in [-0.4, -0.2) is 37.1 Å². The lowest BCUT2D eigenvalue weighted by Gasteiger charge is -2.32. The maximum Gasteiger partial charge on any atom is 0.402 e. The van der Waals surface area contributed by atoms with Gasteiger partial charge in [0.25, 0.3) is 0 Å². The third-order valence-electron chi connectivity index (χ3n) is 3.80. The zero-order valence-electron chi connectivity index (χ0n) is 10.8. The third kappa shape index (κ3) is 2.33. The number of benzene rings is 1. The number of rotatable bonds is 2. The number of hydrogen-bond acceptors (Lipinski definition) is 2. The summed E-state index contributed by atoms with van der Waals surface area (Å²) in [5.74, 6) is 0. The van der Waals surface area contributed by atoms with Crippen LogP contribution in [0.5, 0.6) is 0 Å². The molecule has 1 aromatic heterocycles. The van der Waals surface area contributed by atoms with Gasteiger partial charge >= 0.3 is 13.4 Å². The molecule has 7 nitrogen and oxygen atoms in total. The Bertz CT molecular complexity index is 724. The number of fused-ring (bicyclic) bond motifs is 1. The molecule has 0 saturated carbocycles. The Hall–Kier alpha value is -1.40. The normalized spacial score (nSPS) is 18.7. The number of imidazole rings is 1. The lowest BCUT2D eigenvalue weighted by molar-refractivity contribution is 0.214. The summed E-state index contributed by atoms with van der Waals surface area (Å²) in [5, 5.41) is 0. The van der Waals surface area contributed by atoms with Crippen molar-refractivity contribution in [3.05, 3.63) is 34.7 Å². The molecular formula is C12H16N3O4P. The van der Waals surface area contributed by atoms with E-state index in [0.29, 0.717) is 25.9 Å². The van der Waals surface area contributed by atoms with Crippen molar-refractivity contribution in [2.24, 2.45) is 0 Å². The van der Waals surface area contributed by atoms with Gasteiger partial charge in [-0.25, -0.2) is 14.0 Å². The molecule has 0 amide bonds. The summed E-state index contributed by atoms with van der Waals surface area (Å²) in [6.45, 7) is 0.585. The minimum absolute atomic E-state index is 0.0264. The molecular weight excluding hydrogens is 281 g/mol. The Kier molecular flexibility index (Phi) is 3.30. The molecule has 1 aromatic carbocycles. The van der Waals surface area contributed by atoms with E-state index >= 15 is 0 Å². The van der Waals surface area contributed by atoms with Gasteiger partial charge in [-0.05, 0) is 25.0 Å². The largest absolute Gasteiger partial charge is 0.402 e. The average molecular weight is 297 g/mol. The lowest BCUT2D eigenvalue weighted by Crippen LogP contribution is -2.35. The maximum absolute atomic E-state index is 12.1. The molecule has 0 aliphatic carbocycles. The van der Waals surface area contributed by atoms with Crippen LogP contribution < -0.4 is 5.69 Å². The van der Waals surface area contributed by atoms with Gasteiger partial charge in [-0.3, -0.25) is 4.57 Å². The summed E-state index contributed by atoms with van der Waals surface area (Å²) >= 11 is 0. The van der Waals surface area contributed by atoms with Crippen LogP contribution in [0.25, 0.3) is 11.0 Å². The Labute approximate surface area is 115 Å². The van der Waals surface area contributed by atoms with Crippen LogP contribution in [0.2, 0.25) is 0 Å². The molecule has 0 atom stereocenters. The average Bonchev–Trinajstić information content (AvgIpc) is 2.73. The summed E-state index contributed by atoms with van der Waals surface area (Å²) in [6.07, 6.45) is 1.10. The minimum Gasteiger partial charge on any atom is -0.312 e. The lowest BCUT2D eigenvalue weighted by atomic mass is 10.1. The molecule has 3 rings (SSSR count). The molecule has 2 aromatic rings. The molecule has 1 saturated heterocycles. The number of nitrogens with zero attached hydrogens (tertiary/aromatic N) is 2. The molecule has 8 heteroatoms. The van der Waals surface area contributed by atoms with E-state index in [1.165, 1.54) is 4.67 Å². The molecule has 0 radical (unpaired) electrons. The van der Waals surface area contributed by atoms with Crippen molar-refractivity contribution in [2.75, 3.05) is 13.1 Å². The number of aromatic nitrogens is 2. The fourth-order valence-corrected chi connectivity index (χ4v) is 3.56. The van der Waals surface area contributed by atoms with Gasteiger partial charge in [-0.15, -0.1) is 0 Å². The van der Waals surface area contributed by atoms with Gasteiger partial charge in [0.1, 0.15) is 0 Å². The smallest absolute Gasteiger partial charge is 0.312 e. The summed E-state index contributed by atoms with van der Waals surface area (Å²) in [4.78, 5) is 33.2. The first-order valence-corrected chi connectivity index (χ1v) is 8.03. The molecule has 0 bridgehead atoms.